The lowest BCUT2D eigenvalue weighted by molar-refractivity contribution is 0.120. The van der Waals surface area contributed by atoms with Crippen LogP contribution in [0.25, 0.3) is 0 Å². The molecule has 0 aromatic heterocycles. The highest BCUT2D eigenvalue weighted by Gasteiger charge is 2.21. The zero-order chi connectivity index (χ0) is 10.9. The third kappa shape index (κ3) is 5.50. The van der Waals surface area contributed by atoms with Crippen molar-refractivity contribution in [2.24, 2.45) is 5.92 Å². The first kappa shape index (κ1) is 12.9. The molecular formula is C12H26N2O. The van der Waals surface area contributed by atoms with Gasteiger partial charge in [-0.3, -0.25) is 0 Å². The van der Waals surface area contributed by atoms with Crippen LogP contribution in [0.15, 0.2) is 0 Å². The first-order valence-electron chi connectivity index (χ1n) is 6.37. The molecule has 1 N–H and O–H groups in total. The van der Waals surface area contributed by atoms with Crippen molar-refractivity contribution in [3.63, 3.8) is 0 Å². The van der Waals surface area contributed by atoms with Gasteiger partial charge in [-0.05, 0) is 45.3 Å². The summed E-state index contributed by atoms with van der Waals surface area (Å²) in [6.45, 7) is 12.0. The number of rotatable bonds is 8. The van der Waals surface area contributed by atoms with Gasteiger partial charge in [0.1, 0.15) is 0 Å². The molecule has 1 aliphatic heterocycles. The molecule has 3 heteroatoms. The SMILES string of the molecule is CCCNCC1CCN(CCOCC)C1. The summed E-state index contributed by atoms with van der Waals surface area (Å²) >= 11 is 0. The van der Waals surface area contributed by atoms with Gasteiger partial charge in [-0.15, -0.1) is 0 Å². The van der Waals surface area contributed by atoms with Gasteiger partial charge in [0.2, 0.25) is 0 Å². The largest absolute Gasteiger partial charge is 0.380 e. The Morgan fingerprint density at radius 1 is 1.40 bits per heavy atom. The molecule has 1 aliphatic rings. The van der Waals surface area contributed by atoms with E-state index < -0.39 is 0 Å². The van der Waals surface area contributed by atoms with Crippen LogP contribution in [-0.2, 0) is 4.74 Å². The maximum absolute atomic E-state index is 5.37. The third-order valence-electron chi connectivity index (χ3n) is 2.99. The van der Waals surface area contributed by atoms with Crippen LogP contribution < -0.4 is 5.32 Å². The van der Waals surface area contributed by atoms with Gasteiger partial charge in [0.15, 0.2) is 0 Å². The van der Waals surface area contributed by atoms with E-state index in [-0.39, 0.29) is 0 Å². The van der Waals surface area contributed by atoms with E-state index in [0.717, 1.165) is 32.2 Å². The van der Waals surface area contributed by atoms with Crippen molar-refractivity contribution < 1.29 is 4.74 Å². The topological polar surface area (TPSA) is 24.5 Å². The summed E-state index contributed by atoms with van der Waals surface area (Å²) in [5, 5.41) is 3.51. The molecule has 0 saturated carbocycles. The van der Waals surface area contributed by atoms with Crippen molar-refractivity contribution in [1.82, 2.24) is 10.2 Å². The Morgan fingerprint density at radius 2 is 2.27 bits per heavy atom. The smallest absolute Gasteiger partial charge is 0.0593 e. The Bertz CT molecular complexity index is 137. The summed E-state index contributed by atoms with van der Waals surface area (Å²) in [6, 6.07) is 0. The molecule has 0 amide bonds. The van der Waals surface area contributed by atoms with Crippen molar-refractivity contribution >= 4 is 0 Å². The summed E-state index contributed by atoms with van der Waals surface area (Å²) in [6.07, 6.45) is 2.59. The van der Waals surface area contributed by atoms with E-state index in [1.807, 2.05) is 0 Å². The van der Waals surface area contributed by atoms with Gasteiger partial charge in [-0.2, -0.15) is 0 Å². The maximum Gasteiger partial charge on any atom is 0.0593 e. The van der Waals surface area contributed by atoms with Gasteiger partial charge in [0.05, 0.1) is 6.61 Å². The second-order valence-electron chi connectivity index (χ2n) is 4.36. The summed E-state index contributed by atoms with van der Waals surface area (Å²) in [5.41, 5.74) is 0. The molecule has 1 saturated heterocycles. The second kappa shape index (κ2) is 8.08. The van der Waals surface area contributed by atoms with Crippen molar-refractivity contribution in [2.45, 2.75) is 26.7 Å². The number of nitrogens with zero attached hydrogens (tertiary/aromatic N) is 1. The lowest BCUT2D eigenvalue weighted by atomic mass is 10.1. The van der Waals surface area contributed by atoms with E-state index >= 15 is 0 Å². The fraction of sp³-hybridized carbons (Fsp3) is 1.00. The van der Waals surface area contributed by atoms with E-state index in [2.05, 4.69) is 24.1 Å². The van der Waals surface area contributed by atoms with Gasteiger partial charge in [-0.1, -0.05) is 6.92 Å². The molecule has 0 radical (unpaired) electrons. The van der Waals surface area contributed by atoms with Crippen LogP contribution in [-0.4, -0.2) is 50.8 Å². The average Bonchev–Trinajstić information content (AvgIpc) is 2.67. The molecule has 1 fully saturated rings. The minimum atomic E-state index is 0.843. The molecule has 15 heavy (non-hydrogen) atoms. The molecule has 0 bridgehead atoms. The first-order valence-corrected chi connectivity index (χ1v) is 6.37. The molecule has 0 aromatic rings. The standard InChI is InChI=1S/C12H26N2O/c1-3-6-13-10-12-5-7-14(11-12)8-9-15-4-2/h12-13H,3-11H2,1-2H3. The number of hydrogen-bond acceptors (Lipinski definition) is 3. The number of likely N-dealkylation sites (tertiary alicyclic amines) is 1. The monoisotopic (exact) mass is 214 g/mol. The normalized spacial score (nSPS) is 22.4. The highest BCUT2D eigenvalue weighted by molar-refractivity contribution is 4.76. The van der Waals surface area contributed by atoms with E-state index in [4.69, 9.17) is 4.74 Å². The molecule has 1 heterocycles. The molecular weight excluding hydrogens is 188 g/mol. The Morgan fingerprint density at radius 3 is 3.00 bits per heavy atom. The minimum Gasteiger partial charge on any atom is -0.380 e. The molecule has 0 aliphatic carbocycles. The molecule has 1 unspecified atom stereocenters. The van der Waals surface area contributed by atoms with Gasteiger partial charge in [0, 0.05) is 19.7 Å². The summed E-state index contributed by atoms with van der Waals surface area (Å²) in [7, 11) is 0. The molecule has 1 atom stereocenters. The molecule has 90 valence electrons. The van der Waals surface area contributed by atoms with Crippen LogP contribution in [0, 0.1) is 5.92 Å². The van der Waals surface area contributed by atoms with Crippen molar-refractivity contribution in [2.75, 3.05) is 45.9 Å². The van der Waals surface area contributed by atoms with Crippen LogP contribution in [0.2, 0.25) is 0 Å². The lowest BCUT2D eigenvalue weighted by Crippen LogP contribution is -2.28. The first-order chi connectivity index (χ1) is 7.36. The Hall–Kier alpha value is -0.120. The maximum atomic E-state index is 5.37. The Labute approximate surface area is 94.2 Å². The van der Waals surface area contributed by atoms with Crippen LogP contribution in [0.4, 0.5) is 0 Å². The van der Waals surface area contributed by atoms with Gasteiger partial charge in [-0.25, -0.2) is 0 Å². The van der Waals surface area contributed by atoms with Crippen molar-refractivity contribution in [3.05, 3.63) is 0 Å². The summed E-state index contributed by atoms with van der Waals surface area (Å²) in [5.74, 6) is 0.859. The van der Waals surface area contributed by atoms with Crippen LogP contribution in [0.3, 0.4) is 0 Å². The third-order valence-corrected chi connectivity index (χ3v) is 2.99. The number of hydrogen-bond donors (Lipinski definition) is 1. The van der Waals surface area contributed by atoms with Crippen LogP contribution in [0.5, 0.6) is 0 Å². The fourth-order valence-corrected chi connectivity index (χ4v) is 2.10. The van der Waals surface area contributed by atoms with E-state index in [1.165, 1.54) is 32.5 Å². The lowest BCUT2D eigenvalue weighted by Gasteiger charge is -2.15. The quantitative estimate of drug-likeness (QED) is 0.617. The highest BCUT2D eigenvalue weighted by atomic mass is 16.5. The Balaban J connectivity index is 1.99. The summed E-state index contributed by atoms with van der Waals surface area (Å²) < 4.78 is 5.37. The summed E-state index contributed by atoms with van der Waals surface area (Å²) in [4.78, 5) is 2.52. The second-order valence-corrected chi connectivity index (χ2v) is 4.36. The molecule has 0 aromatic carbocycles. The van der Waals surface area contributed by atoms with Crippen LogP contribution >= 0.6 is 0 Å². The average molecular weight is 214 g/mol. The van der Waals surface area contributed by atoms with Gasteiger partial charge in [0.25, 0.3) is 0 Å². The van der Waals surface area contributed by atoms with E-state index in [0.29, 0.717) is 0 Å². The highest BCUT2D eigenvalue weighted by Crippen LogP contribution is 2.14. The van der Waals surface area contributed by atoms with Crippen molar-refractivity contribution in [1.29, 1.82) is 0 Å². The van der Waals surface area contributed by atoms with E-state index in [1.54, 1.807) is 0 Å². The Kier molecular flexibility index (Phi) is 6.98. The molecule has 0 spiro atoms. The predicted octanol–water partition coefficient (Wildman–Crippen LogP) is 1.34. The predicted molar refractivity (Wildman–Crippen MR) is 64.2 cm³/mol. The van der Waals surface area contributed by atoms with Crippen LogP contribution in [0.1, 0.15) is 26.7 Å². The zero-order valence-corrected chi connectivity index (χ0v) is 10.3. The molecule has 3 nitrogen and oxygen atoms in total. The fourth-order valence-electron chi connectivity index (χ4n) is 2.10. The number of ether oxygens (including phenoxy) is 1. The van der Waals surface area contributed by atoms with E-state index in [9.17, 15) is 0 Å². The van der Waals surface area contributed by atoms with Gasteiger partial charge < -0.3 is 15.0 Å². The molecule has 1 rings (SSSR count). The van der Waals surface area contributed by atoms with Crippen molar-refractivity contribution in [3.8, 4) is 0 Å². The minimum absolute atomic E-state index is 0.843. The number of nitrogens with one attached hydrogen (secondary N) is 1. The zero-order valence-electron chi connectivity index (χ0n) is 10.3. The van der Waals surface area contributed by atoms with Gasteiger partial charge >= 0.3 is 0 Å².